The zero-order valence-electron chi connectivity index (χ0n) is 15.0. The summed E-state index contributed by atoms with van der Waals surface area (Å²) in [6.07, 6.45) is 1.57. The van der Waals surface area contributed by atoms with E-state index in [-0.39, 0.29) is 5.91 Å². The van der Waals surface area contributed by atoms with Gasteiger partial charge in [0, 0.05) is 0 Å². The van der Waals surface area contributed by atoms with Crippen LogP contribution in [0.1, 0.15) is 21.5 Å². The zero-order valence-corrected chi connectivity index (χ0v) is 15.0. The van der Waals surface area contributed by atoms with Gasteiger partial charge in [-0.2, -0.15) is 5.10 Å². The molecule has 0 saturated heterocycles. The standard InChI is InChI=1S/C22H20N2O3/c1-26-21-13-6-5-12-20(21)22(25)24-23-15-18-10-7-11-19(14-18)27-16-17-8-3-2-4-9-17/h2-15H,16H2,1H3,(H,24,25)/b23-15+. The Labute approximate surface area is 158 Å². The van der Waals surface area contributed by atoms with Crippen LogP contribution in [0.3, 0.4) is 0 Å². The van der Waals surface area contributed by atoms with Crippen molar-refractivity contribution in [1.29, 1.82) is 0 Å². The molecule has 3 aromatic rings. The number of carbonyl (C=O) groups is 1. The van der Waals surface area contributed by atoms with Gasteiger partial charge in [0.05, 0.1) is 18.9 Å². The smallest absolute Gasteiger partial charge is 0.275 e. The first-order valence-electron chi connectivity index (χ1n) is 8.49. The summed E-state index contributed by atoms with van der Waals surface area (Å²) in [5, 5.41) is 4.02. The molecule has 3 rings (SSSR count). The third-order valence-corrected chi connectivity index (χ3v) is 3.84. The zero-order chi connectivity index (χ0) is 18.9. The Balaban J connectivity index is 1.59. The Morgan fingerprint density at radius 2 is 1.78 bits per heavy atom. The molecule has 0 heterocycles. The fourth-order valence-corrected chi connectivity index (χ4v) is 2.48. The van der Waals surface area contributed by atoms with Crippen LogP contribution in [0.25, 0.3) is 0 Å². The summed E-state index contributed by atoms with van der Waals surface area (Å²) in [5.74, 6) is 0.903. The average Bonchev–Trinajstić information content (AvgIpc) is 2.73. The van der Waals surface area contributed by atoms with Crippen LogP contribution >= 0.6 is 0 Å². The highest BCUT2D eigenvalue weighted by Gasteiger charge is 2.09. The molecule has 0 unspecified atom stereocenters. The van der Waals surface area contributed by atoms with E-state index in [1.54, 1.807) is 30.5 Å². The first-order chi connectivity index (χ1) is 13.3. The van der Waals surface area contributed by atoms with E-state index in [0.29, 0.717) is 17.9 Å². The molecular weight excluding hydrogens is 340 g/mol. The number of rotatable bonds is 7. The lowest BCUT2D eigenvalue weighted by atomic mass is 10.2. The van der Waals surface area contributed by atoms with E-state index in [9.17, 15) is 4.79 Å². The molecule has 0 spiro atoms. The van der Waals surface area contributed by atoms with Gasteiger partial charge in [-0.25, -0.2) is 5.43 Å². The predicted molar refractivity (Wildman–Crippen MR) is 105 cm³/mol. The van der Waals surface area contributed by atoms with Crippen molar-refractivity contribution in [2.24, 2.45) is 5.10 Å². The monoisotopic (exact) mass is 360 g/mol. The fraction of sp³-hybridized carbons (Fsp3) is 0.0909. The van der Waals surface area contributed by atoms with Crippen molar-refractivity contribution >= 4 is 12.1 Å². The number of amides is 1. The maximum Gasteiger partial charge on any atom is 0.275 e. The number of benzene rings is 3. The minimum atomic E-state index is -0.333. The number of hydrazone groups is 1. The van der Waals surface area contributed by atoms with Gasteiger partial charge in [0.1, 0.15) is 18.1 Å². The molecule has 0 aliphatic heterocycles. The third kappa shape index (κ3) is 5.19. The number of nitrogens with one attached hydrogen (secondary N) is 1. The minimum Gasteiger partial charge on any atom is -0.496 e. The minimum absolute atomic E-state index is 0.333. The van der Waals surface area contributed by atoms with Gasteiger partial charge in [-0.3, -0.25) is 4.79 Å². The highest BCUT2D eigenvalue weighted by molar-refractivity contribution is 5.97. The van der Waals surface area contributed by atoms with Crippen LogP contribution in [0, 0.1) is 0 Å². The van der Waals surface area contributed by atoms with Crippen molar-refractivity contribution in [3.05, 3.63) is 95.6 Å². The summed E-state index contributed by atoms with van der Waals surface area (Å²) in [6.45, 7) is 0.492. The van der Waals surface area contributed by atoms with E-state index in [1.807, 2.05) is 54.6 Å². The van der Waals surface area contributed by atoms with Crippen molar-refractivity contribution in [2.75, 3.05) is 7.11 Å². The third-order valence-electron chi connectivity index (χ3n) is 3.84. The van der Waals surface area contributed by atoms with E-state index in [2.05, 4.69) is 10.5 Å². The molecule has 1 N–H and O–H groups in total. The van der Waals surface area contributed by atoms with Crippen LogP contribution in [0.4, 0.5) is 0 Å². The van der Waals surface area contributed by atoms with Crippen LogP contribution in [0.5, 0.6) is 11.5 Å². The van der Waals surface area contributed by atoms with E-state index >= 15 is 0 Å². The Kier molecular flexibility index (Phi) is 6.20. The summed E-state index contributed by atoms with van der Waals surface area (Å²) in [6, 6.07) is 24.4. The quantitative estimate of drug-likeness (QED) is 0.511. The summed E-state index contributed by atoms with van der Waals surface area (Å²) in [7, 11) is 1.52. The van der Waals surface area contributed by atoms with E-state index < -0.39 is 0 Å². The number of methoxy groups -OCH3 is 1. The summed E-state index contributed by atoms with van der Waals surface area (Å²) >= 11 is 0. The van der Waals surface area contributed by atoms with Gasteiger partial charge in [-0.15, -0.1) is 0 Å². The molecule has 0 aliphatic rings. The Bertz CT molecular complexity index is 924. The maximum atomic E-state index is 12.2. The van der Waals surface area contributed by atoms with Crippen LogP contribution < -0.4 is 14.9 Å². The molecule has 3 aromatic carbocycles. The second-order valence-electron chi connectivity index (χ2n) is 5.75. The average molecular weight is 360 g/mol. The molecule has 0 bridgehead atoms. The normalized spacial score (nSPS) is 10.6. The number of hydrogen-bond acceptors (Lipinski definition) is 4. The molecule has 0 radical (unpaired) electrons. The van der Waals surface area contributed by atoms with Crippen molar-refractivity contribution < 1.29 is 14.3 Å². The lowest BCUT2D eigenvalue weighted by Gasteiger charge is -2.07. The van der Waals surface area contributed by atoms with Crippen molar-refractivity contribution in [2.45, 2.75) is 6.61 Å². The van der Waals surface area contributed by atoms with Gasteiger partial charge < -0.3 is 9.47 Å². The molecule has 1 amide bonds. The summed E-state index contributed by atoms with van der Waals surface area (Å²) in [5.41, 5.74) is 4.86. The predicted octanol–water partition coefficient (Wildman–Crippen LogP) is 4.04. The molecule has 0 aliphatic carbocycles. The second kappa shape index (κ2) is 9.20. The molecule has 0 saturated carbocycles. The lowest BCUT2D eigenvalue weighted by Crippen LogP contribution is -2.18. The molecular formula is C22H20N2O3. The van der Waals surface area contributed by atoms with Crippen molar-refractivity contribution in [1.82, 2.24) is 5.43 Å². The highest BCUT2D eigenvalue weighted by atomic mass is 16.5. The van der Waals surface area contributed by atoms with E-state index in [4.69, 9.17) is 9.47 Å². The summed E-state index contributed by atoms with van der Waals surface area (Å²) in [4.78, 5) is 12.2. The summed E-state index contributed by atoms with van der Waals surface area (Å²) < 4.78 is 11.0. The van der Waals surface area contributed by atoms with Gasteiger partial charge in [0.15, 0.2) is 0 Å². The number of hydrogen-bond donors (Lipinski definition) is 1. The van der Waals surface area contributed by atoms with Crippen LogP contribution in [-0.2, 0) is 6.61 Å². The van der Waals surface area contributed by atoms with Crippen molar-refractivity contribution in [3.63, 3.8) is 0 Å². The van der Waals surface area contributed by atoms with Crippen molar-refractivity contribution in [3.8, 4) is 11.5 Å². The molecule has 5 nitrogen and oxygen atoms in total. The molecule has 136 valence electrons. The molecule has 0 fully saturated rings. The van der Waals surface area contributed by atoms with Gasteiger partial charge in [0.2, 0.25) is 0 Å². The first-order valence-corrected chi connectivity index (χ1v) is 8.49. The molecule has 0 aromatic heterocycles. The second-order valence-corrected chi connectivity index (χ2v) is 5.75. The number of para-hydroxylation sites is 1. The lowest BCUT2D eigenvalue weighted by molar-refractivity contribution is 0.0952. The van der Waals surface area contributed by atoms with E-state index in [0.717, 1.165) is 16.9 Å². The van der Waals surface area contributed by atoms with Crippen LogP contribution in [0.2, 0.25) is 0 Å². The van der Waals surface area contributed by atoms with Crippen LogP contribution in [-0.4, -0.2) is 19.2 Å². The molecule has 27 heavy (non-hydrogen) atoms. The number of nitrogens with zero attached hydrogens (tertiary/aromatic N) is 1. The van der Waals surface area contributed by atoms with E-state index in [1.165, 1.54) is 7.11 Å². The largest absolute Gasteiger partial charge is 0.496 e. The maximum absolute atomic E-state index is 12.2. The van der Waals surface area contributed by atoms with Gasteiger partial charge >= 0.3 is 0 Å². The molecule has 5 heteroatoms. The SMILES string of the molecule is COc1ccccc1C(=O)N/N=C/c1cccc(OCc2ccccc2)c1. The Hall–Kier alpha value is -3.60. The fourth-order valence-electron chi connectivity index (χ4n) is 2.48. The number of ether oxygens (including phenoxy) is 2. The van der Waals surface area contributed by atoms with Gasteiger partial charge in [-0.1, -0.05) is 54.6 Å². The van der Waals surface area contributed by atoms with Gasteiger partial charge in [-0.05, 0) is 35.4 Å². The highest BCUT2D eigenvalue weighted by Crippen LogP contribution is 2.17. The Morgan fingerprint density at radius 3 is 2.59 bits per heavy atom. The number of carbonyl (C=O) groups excluding carboxylic acids is 1. The van der Waals surface area contributed by atoms with Gasteiger partial charge in [0.25, 0.3) is 5.91 Å². The molecule has 0 atom stereocenters. The first kappa shape index (κ1) is 18.2. The topological polar surface area (TPSA) is 59.9 Å². The Morgan fingerprint density at radius 1 is 1.00 bits per heavy atom. The van der Waals surface area contributed by atoms with Crippen LogP contribution in [0.15, 0.2) is 84.0 Å².